The van der Waals surface area contributed by atoms with Crippen molar-refractivity contribution in [3.05, 3.63) is 64.7 Å². The molecule has 2 aromatic rings. The molecule has 0 saturated carbocycles. The topological polar surface area (TPSA) is 34.0 Å². The molecule has 160 valence electrons. The van der Waals surface area contributed by atoms with Gasteiger partial charge in [-0.15, -0.1) is 0 Å². The number of rotatable bonds is 5. The van der Waals surface area contributed by atoms with Gasteiger partial charge in [-0.3, -0.25) is 4.99 Å². The van der Waals surface area contributed by atoms with E-state index in [-0.39, 0.29) is 11.5 Å². The van der Waals surface area contributed by atoms with E-state index >= 15 is 0 Å². The predicted octanol–water partition coefficient (Wildman–Crippen LogP) is 7.27. The average Bonchev–Trinajstić information content (AvgIpc) is 3.18. The second kappa shape index (κ2) is 8.75. The first-order valence-electron chi connectivity index (χ1n) is 11.1. The third-order valence-corrected chi connectivity index (χ3v) is 5.80. The molecular weight excluding hydrogens is 368 g/mol. The molecule has 1 unspecified atom stereocenters. The van der Waals surface area contributed by atoms with Crippen LogP contribution in [-0.2, 0) is 4.74 Å². The minimum atomic E-state index is 0.102. The number of hydrogen-bond acceptors (Lipinski definition) is 3. The molecule has 0 fully saturated rings. The lowest BCUT2D eigenvalue weighted by atomic mass is 9.88. The van der Waals surface area contributed by atoms with Crippen molar-refractivity contribution in [2.75, 3.05) is 6.61 Å². The first-order chi connectivity index (χ1) is 14.1. The van der Waals surface area contributed by atoms with Crippen molar-refractivity contribution in [1.82, 2.24) is 0 Å². The molecule has 0 radical (unpaired) electrons. The van der Waals surface area contributed by atoms with Gasteiger partial charge in [-0.1, -0.05) is 78.8 Å². The van der Waals surface area contributed by atoms with Crippen molar-refractivity contribution in [2.45, 2.75) is 73.3 Å². The normalized spacial score (nSPS) is 17.5. The van der Waals surface area contributed by atoms with Crippen LogP contribution in [0.5, 0.6) is 0 Å². The molecule has 1 heterocycles. The van der Waals surface area contributed by atoms with E-state index in [1.807, 2.05) is 0 Å². The predicted molar refractivity (Wildman–Crippen MR) is 129 cm³/mol. The lowest BCUT2D eigenvalue weighted by Gasteiger charge is -2.21. The number of benzene rings is 2. The van der Waals surface area contributed by atoms with Gasteiger partial charge in [0, 0.05) is 11.3 Å². The van der Waals surface area contributed by atoms with E-state index in [1.165, 1.54) is 11.1 Å². The van der Waals surface area contributed by atoms with Gasteiger partial charge in [0.25, 0.3) is 0 Å². The van der Waals surface area contributed by atoms with E-state index in [0.29, 0.717) is 18.4 Å². The summed E-state index contributed by atoms with van der Waals surface area (Å²) < 4.78 is 5.94. The quantitative estimate of drug-likeness (QED) is 0.483. The summed E-state index contributed by atoms with van der Waals surface area (Å²) in [4.78, 5) is 9.97. The van der Waals surface area contributed by atoms with Crippen molar-refractivity contribution < 1.29 is 4.74 Å². The van der Waals surface area contributed by atoms with E-state index in [2.05, 4.69) is 97.9 Å². The monoisotopic (exact) mass is 404 g/mol. The number of para-hydroxylation sites is 1. The highest BCUT2D eigenvalue weighted by molar-refractivity contribution is 6.03. The maximum atomic E-state index is 5.94. The molecule has 2 aromatic carbocycles. The highest BCUT2D eigenvalue weighted by Crippen LogP contribution is 2.35. The third kappa shape index (κ3) is 4.83. The van der Waals surface area contributed by atoms with Crippen LogP contribution in [0.15, 0.2) is 52.4 Å². The Bertz CT molecular complexity index is 935. The summed E-state index contributed by atoms with van der Waals surface area (Å²) in [6, 6.07) is 15.2. The van der Waals surface area contributed by atoms with Crippen molar-refractivity contribution >= 4 is 17.3 Å². The van der Waals surface area contributed by atoms with Crippen molar-refractivity contribution in [3.63, 3.8) is 0 Å². The Morgan fingerprint density at radius 2 is 1.60 bits per heavy atom. The Labute approximate surface area is 182 Å². The number of hydrogen-bond donors (Lipinski definition) is 0. The van der Waals surface area contributed by atoms with Gasteiger partial charge in [-0.25, -0.2) is 4.99 Å². The van der Waals surface area contributed by atoms with Gasteiger partial charge in [0.2, 0.25) is 5.90 Å². The molecule has 0 spiro atoms. The van der Waals surface area contributed by atoms with Crippen LogP contribution in [0.1, 0.15) is 89.5 Å². The van der Waals surface area contributed by atoms with Gasteiger partial charge in [0.1, 0.15) is 6.61 Å². The molecule has 0 amide bonds. The molecule has 1 aliphatic heterocycles. The first-order valence-corrected chi connectivity index (χ1v) is 11.1. The van der Waals surface area contributed by atoms with Crippen LogP contribution in [0.3, 0.4) is 0 Å². The second-order valence-corrected chi connectivity index (χ2v) is 10.00. The summed E-state index contributed by atoms with van der Waals surface area (Å²) in [6.07, 6.45) is 0. The number of nitrogens with zero attached hydrogens (tertiary/aromatic N) is 2. The van der Waals surface area contributed by atoms with Crippen LogP contribution in [0.25, 0.3) is 0 Å². The fraction of sp³-hybridized carbons (Fsp3) is 0.481. The molecule has 3 heteroatoms. The van der Waals surface area contributed by atoms with Crippen molar-refractivity contribution in [3.8, 4) is 0 Å². The molecule has 1 atom stereocenters. The van der Waals surface area contributed by atoms with Gasteiger partial charge >= 0.3 is 0 Å². The van der Waals surface area contributed by atoms with Crippen LogP contribution in [0.4, 0.5) is 5.69 Å². The number of ether oxygens (including phenoxy) is 1. The van der Waals surface area contributed by atoms with Gasteiger partial charge < -0.3 is 4.74 Å². The smallest absolute Gasteiger partial charge is 0.216 e. The van der Waals surface area contributed by atoms with Gasteiger partial charge in [-0.2, -0.15) is 0 Å². The standard InChI is InChI=1S/C27H36N2O/c1-17(2)22-13-10-14-23(18(3)4)25(22)28-19(5)20-11-9-12-21(15-20)26-29-24(16-30-26)27(6,7)8/h9-15,17-18,24H,16H2,1-8H3. The average molecular weight is 405 g/mol. The highest BCUT2D eigenvalue weighted by atomic mass is 16.5. The van der Waals surface area contributed by atoms with Crippen LogP contribution < -0.4 is 0 Å². The molecule has 3 nitrogen and oxygen atoms in total. The van der Waals surface area contributed by atoms with E-state index in [1.54, 1.807) is 0 Å². The Morgan fingerprint density at radius 1 is 1.00 bits per heavy atom. The molecular formula is C27H36N2O. The summed E-state index contributed by atoms with van der Waals surface area (Å²) in [6.45, 7) is 18.3. The van der Waals surface area contributed by atoms with Crippen LogP contribution in [0, 0.1) is 5.41 Å². The zero-order valence-corrected chi connectivity index (χ0v) is 19.8. The molecule has 3 rings (SSSR count). The van der Waals surface area contributed by atoms with E-state index in [0.717, 1.165) is 28.4 Å². The van der Waals surface area contributed by atoms with Crippen molar-refractivity contribution in [1.29, 1.82) is 0 Å². The number of aliphatic imine (C=N–C) groups is 2. The highest BCUT2D eigenvalue weighted by Gasteiger charge is 2.30. The van der Waals surface area contributed by atoms with Crippen LogP contribution >= 0.6 is 0 Å². The van der Waals surface area contributed by atoms with Gasteiger partial charge in [0.15, 0.2) is 0 Å². The third-order valence-electron chi connectivity index (χ3n) is 5.80. The lowest BCUT2D eigenvalue weighted by molar-refractivity contribution is 0.236. The van der Waals surface area contributed by atoms with Crippen molar-refractivity contribution in [2.24, 2.45) is 15.4 Å². The Balaban J connectivity index is 1.99. The Hall–Kier alpha value is -2.42. The van der Waals surface area contributed by atoms with E-state index in [9.17, 15) is 0 Å². The van der Waals surface area contributed by atoms with E-state index in [4.69, 9.17) is 14.7 Å². The minimum absolute atomic E-state index is 0.102. The molecule has 0 bridgehead atoms. The van der Waals surface area contributed by atoms with Crippen LogP contribution in [-0.4, -0.2) is 24.3 Å². The molecule has 0 N–H and O–H groups in total. The second-order valence-electron chi connectivity index (χ2n) is 10.00. The fourth-order valence-corrected chi connectivity index (χ4v) is 3.73. The van der Waals surface area contributed by atoms with Gasteiger partial charge in [-0.05, 0) is 53.0 Å². The fourth-order valence-electron chi connectivity index (χ4n) is 3.73. The summed E-state index contributed by atoms with van der Waals surface area (Å²) in [5.41, 5.74) is 6.96. The summed E-state index contributed by atoms with van der Waals surface area (Å²) in [7, 11) is 0. The summed E-state index contributed by atoms with van der Waals surface area (Å²) in [5, 5.41) is 0. The zero-order valence-electron chi connectivity index (χ0n) is 19.8. The molecule has 0 aliphatic carbocycles. The Morgan fingerprint density at radius 3 is 2.13 bits per heavy atom. The minimum Gasteiger partial charge on any atom is -0.475 e. The largest absolute Gasteiger partial charge is 0.475 e. The maximum Gasteiger partial charge on any atom is 0.216 e. The zero-order chi connectivity index (χ0) is 22.1. The molecule has 30 heavy (non-hydrogen) atoms. The molecule has 1 aliphatic rings. The lowest BCUT2D eigenvalue weighted by Crippen LogP contribution is -2.25. The van der Waals surface area contributed by atoms with Gasteiger partial charge in [0.05, 0.1) is 11.7 Å². The molecule has 0 aromatic heterocycles. The van der Waals surface area contributed by atoms with Crippen LogP contribution in [0.2, 0.25) is 0 Å². The maximum absolute atomic E-state index is 5.94. The summed E-state index contributed by atoms with van der Waals surface area (Å²) >= 11 is 0. The summed E-state index contributed by atoms with van der Waals surface area (Å²) in [5.74, 6) is 1.60. The Kier molecular flexibility index (Phi) is 6.50. The SMILES string of the molecule is CC(=Nc1c(C(C)C)cccc1C(C)C)c1cccc(C2=NC(C(C)(C)C)CO2)c1. The first kappa shape index (κ1) is 22.3. The molecule has 0 saturated heterocycles. The van der Waals surface area contributed by atoms with E-state index < -0.39 is 0 Å².